The van der Waals surface area contributed by atoms with Gasteiger partial charge in [0.2, 0.25) is 10.0 Å². The second kappa shape index (κ2) is 11.0. The van der Waals surface area contributed by atoms with Gasteiger partial charge in [0.1, 0.15) is 11.5 Å². The minimum absolute atomic E-state index is 0.0414. The van der Waals surface area contributed by atoms with Crippen molar-refractivity contribution in [1.29, 1.82) is 0 Å². The van der Waals surface area contributed by atoms with Gasteiger partial charge in [0.25, 0.3) is 5.91 Å². The quantitative estimate of drug-likeness (QED) is 0.261. The lowest BCUT2D eigenvalue weighted by Crippen LogP contribution is -2.29. The number of para-hydroxylation sites is 1. The van der Waals surface area contributed by atoms with Crippen molar-refractivity contribution in [3.8, 4) is 11.5 Å². The number of halogens is 2. The minimum Gasteiger partial charge on any atom is -0.457 e. The third kappa shape index (κ3) is 6.37. The Labute approximate surface area is 220 Å². The van der Waals surface area contributed by atoms with Crippen LogP contribution in [0.1, 0.15) is 15.9 Å². The highest BCUT2D eigenvalue weighted by Gasteiger charge is 2.21. The molecule has 4 aromatic carbocycles. The maximum absolute atomic E-state index is 12.7. The van der Waals surface area contributed by atoms with E-state index in [1.807, 2.05) is 30.3 Å². The topological polar surface area (TPSA) is 75.7 Å². The molecule has 9 heteroatoms. The number of benzene rings is 4. The number of nitrogens with one attached hydrogen (secondary N) is 1. The first-order valence-electron chi connectivity index (χ1n) is 10.9. The standard InChI is InChI=1S/C27H22Cl2N2O4S/c1-36(33,34)31(18-24-25(28)8-5-9-26(24)29)21-14-10-19(11-15-21)27(32)30-20-12-16-23(17-13-20)35-22-6-3-2-4-7-22/h2-17H,18H2,1H3,(H,30,32). The molecule has 0 atom stereocenters. The molecule has 0 unspecified atom stereocenters. The number of nitrogens with zero attached hydrogens (tertiary/aromatic N) is 1. The number of ether oxygens (including phenoxy) is 1. The van der Waals surface area contributed by atoms with E-state index in [4.69, 9.17) is 27.9 Å². The zero-order valence-corrected chi connectivity index (χ0v) is 21.5. The molecule has 0 saturated carbocycles. The lowest BCUT2D eigenvalue weighted by Gasteiger charge is -2.23. The highest BCUT2D eigenvalue weighted by Crippen LogP contribution is 2.29. The second-order valence-corrected chi connectivity index (χ2v) is 10.6. The monoisotopic (exact) mass is 540 g/mol. The number of anilines is 2. The molecule has 0 aliphatic carbocycles. The van der Waals surface area contributed by atoms with Gasteiger partial charge in [0.15, 0.2) is 0 Å². The Balaban J connectivity index is 1.46. The lowest BCUT2D eigenvalue weighted by atomic mass is 10.1. The van der Waals surface area contributed by atoms with E-state index < -0.39 is 10.0 Å². The average Bonchev–Trinajstić information content (AvgIpc) is 2.85. The van der Waals surface area contributed by atoms with Crippen molar-refractivity contribution in [3.63, 3.8) is 0 Å². The van der Waals surface area contributed by atoms with Gasteiger partial charge in [0.05, 0.1) is 18.5 Å². The molecule has 4 aromatic rings. The van der Waals surface area contributed by atoms with Gasteiger partial charge in [-0.25, -0.2) is 8.42 Å². The Morgan fingerprint density at radius 3 is 1.97 bits per heavy atom. The molecule has 1 N–H and O–H groups in total. The van der Waals surface area contributed by atoms with Crippen LogP contribution in [0.5, 0.6) is 11.5 Å². The number of amides is 1. The third-order valence-corrected chi connectivity index (χ3v) is 7.12. The first-order chi connectivity index (χ1) is 17.2. The number of carbonyl (C=O) groups excluding carboxylic acids is 1. The van der Waals surface area contributed by atoms with Crippen molar-refractivity contribution in [2.24, 2.45) is 0 Å². The molecule has 1 amide bonds. The predicted octanol–water partition coefficient (Wildman–Crippen LogP) is 7.00. The van der Waals surface area contributed by atoms with Crippen LogP contribution in [0.4, 0.5) is 11.4 Å². The lowest BCUT2D eigenvalue weighted by molar-refractivity contribution is 0.102. The molecule has 0 heterocycles. The van der Waals surface area contributed by atoms with E-state index in [1.165, 1.54) is 4.31 Å². The summed E-state index contributed by atoms with van der Waals surface area (Å²) in [6.07, 6.45) is 1.10. The first kappa shape index (κ1) is 25.6. The molecule has 0 bridgehead atoms. The molecule has 6 nitrogen and oxygen atoms in total. The Morgan fingerprint density at radius 1 is 0.806 bits per heavy atom. The normalized spacial score (nSPS) is 11.1. The molecule has 0 aromatic heterocycles. The molecule has 0 radical (unpaired) electrons. The summed E-state index contributed by atoms with van der Waals surface area (Å²) in [4.78, 5) is 12.7. The van der Waals surface area contributed by atoms with Crippen LogP contribution in [0.2, 0.25) is 10.0 Å². The van der Waals surface area contributed by atoms with Crippen molar-refractivity contribution in [2.45, 2.75) is 6.54 Å². The maximum Gasteiger partial charge on any atom is 0.255 e. The number of carbonyl (C=O) groups is 1. The van der Waals surface area contributed by atoms with Crippen LogP contribution < -0.4 is 14.4 Å². The van der Waals surface area contributed by atoms with Crippen LogP contribution in [0, 0.1) is 0 Å². The van der Waals surface area contributed by atoms with Crippen LogP contribution in [-0.2, 0) is 16.6 Å². The highest BCUT2D eigenvalue weighted by molar-refractivity contribution is 7.92. The molecule has 184 valence electrons. The van der Waals surface area contributed by atoms with Gasteiger partial charge < -0.3 is 10.1 Å². The first-order valence-corrected chi connectivity index (χ1v) is 13.5. The van der Waals surface area contributed by atoms with Gasteiger partial charge in [-0.1, -0.05) is 47.5 Å². The summed E-state index contributed by atoms with van der Waals surface area (Å²) in [5.74, 6) is 1.02. The van der Waals surface area contributed by atoms with E-state index in [1.54, 1.807) is 66.7 Å². The van der Waals surface area contributed by atoms with Crippen molar-refractivity contribution < 1.29 is 17.9 Å². The Hall–Kier alpha value is -3.52. The summed E-state index contributed by atoms with van der Waals surface area (Å²) >= 11 is 12.5. The van der Waals surface area contributed by atoms with Crippen LogP contribution >= 0.6 is 23.2 Å². The van der Waals surface area contributed by atoms with Crippen molar-refractivity contribution in [2.75, 3.05) is 15.9 Å². The van der Waals surface area contributed by atoms with Gasteiger partial charge in [0, 0.05) is 26.9 Å². The SMILES string of the molecule is CS(=O)(=O)N(Cc1c(Cl)cccc1Cl)c1ccc(C(=O)Nc2ccc(Oc3ccccc3)cc2)cc1. The van der Waals surface area contributed by atoms with E-state index in [9.17, 15) is 13.2 Å². The molecule has 0 saturated heterocycles. The summed E-state index contributed by atoms with van der Waals surface area (Å²) < 4.78 is 32.0. The molecule has 0 aliphatic rings. The fraction of sp³-hybridized carbons (Fsp3) is 0.0741. The van der Waals surface area contributed by atoms with E-state index >= 15 is 0 Å². The fourth-order valence-corrected chi connectivity index (χ4v) is 4.83. The van der Waals surface area contributed by atoms with Crippen LogP contribution in [-0.4, -0.2) is 20.6 Å². The van der Waals surface area contributed by atoms with Crippen LogP contribution in [0.25, 0.3) is 0 Å². The van der Waals surface area contributed by atoms with Gasteiger partial charge in [-0.05, 0) is 72.8 Å². The maximum atomic E-state index is 12.7. The molecule has 36 heavy (non-hydrogen) atoms. The number of sulfonamides is 1. The van der Waals surface area contributed by atoms with Crippen molar-refractivity contribution in [1.82, 2.24) is 0 Å². The third-order valence-electron chi connectivity index (χ3n) is 5.27. The van der Waals surface area contributed by atoms with Gasteiger partial charge >= 0.3 is 0 Å². The molecule has 0 aliphatic heterocycles. The Morgan fingerprint density at radius 2 is 1.39 bits per heavy atom. The predicted molar refractivity (Wildman–Crippen MR) is 145 cm³/mol. The molecule has 4 rings (SSSR count). The van der Waals surface area contributed by atoms with Crippen molar-refractivity contribution in [3.05, 3.63) is 118 Å². The van der Waals surface area contributed by atoms with Gasteiger partial charge in [-0.2, -0.15) is 0 Å². The number of hydrogen-bond donors (Lipinski definition) is 1. The zero-order valence-electron chi connectivity index (χ0n) is 19.2. The fourth-order valence-electron chi connectivity index (χ4n) is 3.44. The highest BCUT2D eigenvalue weighted by atomic mass is 35.5. The van der Waals surface area contributed by atoms with Crippen molar-refractivity contribution >= 4 is 50.5 Å². The smallest absolute Gasteiger partial charge is 0.255 e. The average molecular weight is 541 g/mol. The molecule has 0 fully saturated rings. The van der Waals surface area contributed by atoms with E-state index in [-0.39, 0.29) is 12.5 Å². The summed E-state index contributed by atoms with van der Waals surface area (Å²) in [5, 5.41) is 3.56. The Kier molecular flexibility index (Phi) is 7.84. The summed E-state index contributed by atoms with van der Waals surface area (Å²) in [7, 11) is -3.65. The Bertz CT molecular complexity index is 1440. The van der Waals surface area contributed by atoms with E-state index in [0.29, 0.717) is 44.0 Å². The van der Waals surface area contributed by atoms with Crippen LogP contribution in [0.15, 0.2) is 97.1 Å². The molecular formula is C27H22Cl2N2O4S. The van der Waals surface area contributed by atoms with E-state index in [2.05, 4.69) is 5.32 Å². The largest absolute Gasteiger partial charge is 0.457 e. The van der Waals surface area contributed by atoms with Gasteiger partial charge in [-0.3, -0.25) is 9.10 Å². The van der Waals surface area contributed by atoms with Gasteiger partial charge in [-0.15, -0.1) is 0 Å². The summed E-state index contributed by atoms with van der Waals surface area (Å²) in [6, 6.07) is 27.6. The second-order valence-electron chi connectivity index (χ2n) is 7.91. The van der Waals surface area contributed by atoms with Crippen LogP contribution in [0.3, 0.4) is 0 Å². The van der Waals surface area contributed by atoms with E-state index in [0.717, 1.165) is 6.26 Å². The minimum atomic E-state index is -3.65. The number of hydrogen-bond acceptors (Lipinski definition) is 4. The summed E-state index contributed by atoms with van der Waals surface area (Å²) in [6.45, 7) is -0.0414. The molecule has 0 spiro atoms. The number of rotatable bonds is 8. The summed E-state index contributed by atoms with van der Waals surface area (Å²) in [5.41, 5.74) is 1.84. The zero-order chi connectivity index (χ0) is 25.7. The molecular weight excluding hydrogens is 519 g/mol.